The van der Waals surface area contributed by atoms with Gasteiger partial charge in [0.05, 0.1) is 0 Å². The summed E-state index contributed by atoms with van der Waals surface area (Å²) in [7, 11) is 0. The molecule has 0 N–H and O–H groups in total. The highest BCUT2D eigenvalue weighted by atomic mass is 16.1. The minimum Gasteiger partial charge on any atom is -0.294 e. The fourth-order valence-corrected chi connectivity index (χ4v) is 3.58. The van der Waals surface area contributed by atoms with Crippen LogP contribution in [0, 0.1) is 25.7 Å². The van der Waals surface area contributed by atoms with Gasteiger partial charge in [0.15, 0.2) is 5.78 Å². The fourth-order valence-electron chi connectivity index (χ4n) is 3.58. The normalized spacial score (nSPS) is 10.4. The number of Topliss-reactive ketones (excluding diaryl/α,β-unsaturated/α-hetero) is 1. The van der Waals surface area contributed by atoms with Crippen LogP contribution in [0.25, 0.3) is 21.9 Å². The lowest BCUT2D eigenvalue weighted by Gasteiger charge is -2.14. The number of carbonyl (C=O) groups is 1. The molecule has 4 aromatic rings. The van der Waals surface area contributed by atoms with Crippen LogP contribution in [0.4, 0.5) is 0 Å². The van der Waals surface area contributed by atoms with Crippen LogP contribution in [0.3, 0.4) is 0 Å². The molecular weight excluding hydrogens is 352 g/mol. The van der Waals surface area contributed by atoms with Gasteiger partial charge in [-0.3, -0.25) is 4.79 Å². The zero-order valence-electron chi connectivity index (χ0n) is 16.9. The summed E-state index contributed by atoms with van der Waals surface area (Å²) < 4.78 is 0. The molecule has 140 valence electrons. The lowest BCUT2D eigenvalue weighted by Crippen LogP contribution is -2.02. The third kappa shape index (κ3) is 3.84. The van der Waals surface area contributed by atoms with Gasteiger partial charge in [0.2, 0.25) is 0 Å². The van der Waals surface area contributed by atoms with Crippen molar-refractivity contribution in [2.75, 3.05) is 0 Å². The van der Waals surface area contributed by atoms with E-state index in [9.17, 15) is 4.79 Å². The van der Waals surface area contributed by atoms with E-state index in [-0.39, 0.29) is 5.78 Å². The van der Waals surface area contributed by atoms with E-state index in [4.69, 9.17) is 0 Å². The average molecular weight is 374 g/mol. The monoisotopic (exact) mass is 374 g/mol. The number of ketones is 1. The molecule has 0 atom stereocenters. The lowest BCUT2D eigenvalue weighted by molar-refractivity contribution is 0.101. The zero-order valence-corrected chi connectivity index (χ0v) is 16.9. The molecule has 0 aliphatic rings. The number of benzene rings is 4. The van der Waals surface area contributed by atoms with Crippen LogP contribution < -0.4 is 0 Å². The topological polar surface area (TPSA) is 17.1 Å². The first-order valence-corrected chi connectivity index (χ1v) is 9.75. The summed E-state index contributed by atoms with van der Waals surface area (Å²) in [6, 6.07) is 26.7. The van der Waals surface area contributed by atoms with Crippen molar-refractivity contribution in [3.8, 4) is 23.0 Å². The van der Waals surface area contributed by atoms with Crippen LogP contribution in [0.5, 0.6) is 0 Å². The summed E-state index contributed by atoms with van der Waals surface area (Å²) in [5.74, 6) is 6.61. The molecule has 0 fully saturated rings. The molecule has 0 saturated carbocycles. The maximum atomic E-state index is 12.8. The van der Waals surface area contributed by atoms with E-state index in [0.29, 0.717) is 5.56 Å². The Hall–Kier alpha value is -3.63. The molecule has 0 aromatic heterocycles. The molecule has 0 bridgehead atoms. The van der Waals surface area contributed by atoms with E-state index < -0.39 is 0 Å². The first kappa shape index (κ1) is 18.7. The third-order valence-electron chi connectivity index (χ3n) is 5.15. The molecule has 0 heterocycles. The summed E-state index contributed by atoms with van der Waals surface area (Å²) in [5, 5.41) is 2.09. The van der Waals surface area contributed by atoms with Gasteiger partial charge in [0, 0.05) is 16.7 Å². The van der Waals surface area contributed by atoms with E-state index >= 15 is 0 Å². The molecule has 0 unspecified atom stereocenters. The average Bonchev–Trinajstić information content (AvgIpc) is 2.73. The van der Waals surface area contributed by atoms with E-state index in [1.165, 1.54) is 11.1 Å². The Labute approximate surface area is 172 Å². The number of hydrogen-bond donors (Lipinski definition) is 0. The number of carbonyl (C=O) groups excluding carboxylic acids is 1. The van der Waals surface area contributed by atoms with Crippen LogP contribution in [0.1, 0.15) is 39.5 Å². The minimum atomic E-state index is 0.0273. The maximum Gasteiger partial charge on any atom is 0.161 e. The molecule has 0 spiro atoms. The molecular formula is C28H22O. The van der Waals surface area contributed by atoms with Crippen LogP contribution in [0.15, 0.2) is 78.9 Å². The molecule has 0 aliphatic carbocycles. The van der Waals surface area contributed by atoms with Crippen LogP contribution >= 0.6 is 0 Å². The molecule has 0 aliphatic heterocycles. The summed E-state index contributed by atoms with van der Waals surface area (Å²) in [4.78, 5) is 12.8. The molecule has 0 amide bonds. The van der Waals surface area contributed by atoms with Gasteiger partial charge >= 0.3 is 0 Å². The Morgan fingerprint density at radius 2 is 1.38 bits per heavy atom. The number of fused-ring (bicyclic) bond motifs is 1. The summed E-state index contributed by atoms with van der Waals surface area (Å²) in [6.07, 6.45) is 0. The Balaban J connectivity index is 2.01. The third-order valence-corrected chi connectivity index (χ3v) is 5.15. The van der Waals surface area contributed by atoms with Crippen molar-refractivity contribution in [3.63, 3.8) is 0 Å². The minimum absolute atomic E-state index is 0.0273. The quantitative estimate of drug-likeness (QED) is 0.281. The first-order valence-electron chi connectivity index (χ1n) is 9.75. The number of rotatable bonds is 2. The van der Waals surface area contributed by atoms with Crippen molar-refractivity contribution in [2.24, 2.45) is 0 Å². The second kappa shape index (κ2) is 7.78. The van der Waals surface area contributed by atoms with Gasteiger partial charge in [0.1, 0.15) is 0 Å². The van der Waals surface area contributed by atoms with Crippen molar-refractivity contribution < 1.29 is 4.79 Å². The van der Waals surface area contributed by atoms with Crippen molar-refractivity contribution in [3.05, 3.63) is 107 Å². The van der Waals surface area contributed by atoms with Crippen LogP contribution in [-0.2, 0) is 0 Å². The SMILES string of the molecule is CC(=O)c1c(-c2ccc(C)cc2)cc2ccccc2c1C#Cc1ccc(C)cc1. The Kier molecular flexibility index (Phi) is 5.02. The summed E-state index contributed by atoms with van der Waals surface area (Å²) in [6.45, 7) is 5.75. The van der Waals surface area contributed by atoms with Gasteiger partial charge < -0.3 is 0 Å². The predicted molar refractivity (Wildman–Crippen MR) is 121 cm³/mol. The highest BCUT2D eigenvalue weighted by molar-refractivity contribution is 6.09. The maximum absolute atomic E-state index is 12.8. The van der Waals surface area contributed by atoms with Crippen molar-refractivity contribution in [1.29, 1.82) is 0 Å². The van der Waals surface area contributed by atoms with Crippen LogP contribution in [-0.4, -0.2) is 5.78 Å². The second-order valence-electron chi connectivity index (χ2n) is 7.43. The zero-order chi connectivity index (χ0) is 20.4. The predicted octanol–water partition coefficient (Wildman–Crippen LogP) is 6.73. The van der Waals surface area contributed by atoms with Gasteiger partial charge in [-0.15, -0.1) is 0 Å². The first-order chi connectivity index (χ1) is 14.0. The van der Waals surface area contributed by atoms with Gasteiger partial charge in [-0.1, -0.05) is 83.6 Å². The standard InChI is InChI=1S/C28H22O/c1-19-8-12-22(13-9-19)14-17-26-25-7-5-4-6-24(25)18-27(28(26)21(3)29)23-15-10-20(2)11-16-23/h4-13,15-16,18H,1-3H3. The molecule has 4 rings (SSSR count). The van der Waals surface area contributed by atoms with Crippen molar-refractivity contribution >= 4 is 16.6 Å². The summed E-state index contributed by atoms with van der Waals surface area (Å²) >= 11 is 0. The fraction of sp³-hybridized carbons (Fsp3) is 0.107. The van der Waals surface area contributed by atoms with Crippen molar-refractivity contribution in [1.82, 2.24) is 0 Å². The largest absolute Gasteiger partial charge is 0.294 e. The Morgan fingerprint density at radius 3 is 2.03 bits per heavy atom. The number of hydrogen-bond acceptors (Lipinski definition) is 1. The van der Waals surface area contributed by atoms with Gasteiger partial charge in [0.25, 0.3) is 0 Å². The molecule has 1 heteroatoms. The van der Waals surface area contributed by atoms with E-state index in [1.807, 2.05) is 30.3 Å². The Morgan fingerprint density at radius 1 is 0.759 bits per heavy atom. The van der Waals surface area contributed by atoms with Crippen LogP contribution in [0.2, 0.25) is 0 Å². The highest BCUT2D eigenvalue weighted by Crippen LogP contribution is 2.33. The molecule has 0 saturated heterocycles. The molecule has 0 radical (unpaired) electrons. The second-order valence-corrected chi connectivity index (χ2v) is 7.43. The Bertz CT molecular complexity index is 1260. The van der Waals surface area contributed by atoms with E-state index in [0.717, 1.165) is 33.0 Å². The summed E-state index contributed by atoms with van der Waals surface area (Å²) in [5.41, 5.74) is 6.79. The van der Waals surface area contributed by atoms with E-state index in [1.54, 1.807) is 6.92 Å². The van der Waals surface area contributed by atoms with Gasteiger partial charge in [-0.2, -0.15) is 0 Å². The highest BCUT2D eigenvalue weighted by Gasteiger charge is 2.17. The molecule has 4 aromatic carbocycles. The lowest BCUT2D eigenvalue weighted by atomic mass is 9.88. The van der Waals surface area contributed by atoms with Crippen molar-refractivity contribution in [2.45, 2.75) is 20.8 Å². The van der Waals surface area contributed by atoms with Gasteiger partial charge in [-0.25, -0.2) is 0 Å². The molecule has 29 heavy (non-hydrogen) atoms. The molecule has 1 nitrogen and oxygen atoms in total. The van der Waals surface area contributed by atoms with E-state index in [2.05, 4.69) is 74.2 Å². The van der Waals surface area contributed by atoms with Gasteiger partial charge in [-0.05, 0) is 60.9 Å². The number of aryl methyl sites for hydroxylation is 2. The smallest absolute Gasteiger partial charge is 0.161 e.